The predicted octanol–water partition coefficient (Wildman–Crippen LogP) is 1.75. The average Bonchev–Trinajstić information content (AvgIpc) is 2.67. The fourth-order valence-corrected chi connectivity index (χ4v) is 2.32. The topological polar surface area (TPSA) is 51.2 Å². The number of phenolic OH excluding ortho intramolecular Hbond substituents is 1. The number of aromatic hydroxyl groups is 1. The first-order chi connectivity index (χ1) is 6.77. The van der Waals surface area contributed by atoms with Crippen LogP contribution in [-0.4, -0.2) is 9.67 Å². The minimum atomic E-state index is 0.0239. The van der Waals surface area contributed by atoms with Crippen molar-refractivity contribution in [1.29, 1.82) is 0 Å². The summed E-state index contributed by atoms with van der Waals surface area (Å²) in [6.07, 6.45) is 2.00. The Bertz CT molecular complexity index is 501. The van der Waals surface area contributed by atoms with Crippen LogP contribution < -0.4 is 5.73 Å². The van der Waals surface area contributed by atoms with E-state index in [-0.39, 0.29) is 6.17 Å². The van der Waals surface area contributed by atoms with Crippen LogP contribution in [0.15, 0.2) is 24.3 Å². The zero-order valence-corrected chi connectivity index (χ0v) is 7.77. The molecule has 0 fully saturated rings. The zero-order chi connectivity index (χ0) is 9.71. The molecular weight excluding hydrogens is 176 g/mol. The van der Waals surface area contributed by atoms with Gasteiger partial charge in [0.15, 0.2) is 0 Å². The van der Waals surface area contributed by atoms with Crippen molar-refractivity contribution in [3.05, 3.63) is 30.0 Å². The minimum Gasteiger partial charge on any atom is -0.506 e. The van der Waals surface area contributed by atoms with Crippen molar-refractivity contribution in [1.82, 2.24) is 4.57 Å². The highest BCUT2D eigenvalue weighted by Gasteiger charge is 2.22. The lowest BCUT2D eigenvalue weighted by Crippen LogP contribution is -2.13. The number of hydrogen-bond donors (Lipinski definition) is 2. The number of rotatable bonds is 0. The molecule has 14 heavy (non-hydrogen) atoms. The summed E-state index contributed by atoms with van der Waals surface area (Å²) in [4.78, 5) is 0. The number of fused-ring (bicyclic) bond motifs is 3. The van der Waals surface area contributed by atoms with Gasteiger partial charge in [0.1, 0.15) is 5.75 Å². The molecule has 0 amide bonds. The maximum absolute atomic E-state index is 9.77. The van der Waals surface area contributed by atoms with Crippen LogP contribution in [0.4, 0.5) is 0 Å². The fourth-order valence-electron chi connectivity index (χ4n) is 2.32. The lowest BCUT2D eigenvalue weighted by atomic mass is 10.2. The van der Waals surface area contributed by atoms with Crippen molar-refractivity contribution in [2.75, 3.05) is 0 Å². The molecule has 1 aliphatic heterocycles. The molecule has 3 rings (SSSR count). The summed E-state index contributed by atoms with van der Waals surface area (Å²) >= 11 is 0. The Morgan fingerprint density at radius 3 is 3.14 bits per heavy atom. The van der Waals surface area contributed by atoms with E-state index >= 15 is 0 Å². The van der Waals surface area contributed by atoms with Crippen molar-refractivity contribution >= 4 is 10.9 Å². The van der Waals surface area contributed by atoms with Crippen molar-refractivity contribution in [3.8, 4) is 5.75 Å². The molecule has 0 saturated heterocycles. The van der Waals surface area contributed by atoms with Gasteiger partial charge < -0.3 is 15.4 Å². The lowest BCUT2D eigenvalue weighted by Gasteiger charge is -2.09. The number of para-hydroxylation sites is 1. The summed E-state index contributed by atoms with van der Waals surface area (Å²) < 4.78 is 2.05. The van der Waals surface area contributed by atoms with Crippen LogP contribution in [0.2, 0.25) is 0 Å². The number of nitrogens with two attached hydrogens (primary N) is 1. The molecule has 2 aromatic rings. The smallest absolute Gasteiger partial charge is 0.139 e. The van der Waals surface area contributed by atoms with E-state index in [1.54, 1.807) is 6.07 Å². The summed E-state index contributed by atoms with van der Waals surface area (Å²) in [6, 6.07) is 7.69. The van der Waals surface area contributed by atoms with Crippen molar-refractivity contribution < 1.29 is 5.11 Å². The molecule has 3 heteroatoms. The second kappa shape index (κ2) is 2.51. The first kappa shape index (κ1) is 7.88. The molecule has 3 nitrogen and oxygen atoms in total. The molecule has 0 spiro atoms. The highest BCUT2D eigenvalue weighted by atomic mass is 16.3. The Kier molecular flexibility index (Phi) is 1.42. The predicted molar refractivity (Wildman–Crippen MR) is 55.1 cm³/mol. The SMILES string of the molecule is NC1CCc2cc3cccc(O)c3n21. The number of phenols is 1. The van der Waals surface area contributed by atoms with E-state index in [0.29, 0.717) is 5.75 Å². The van der Waals surface area contributed by atoms with Gasteiger partial charge in [-0.15, -0.1) is 0 Å². The fraction of sp³-hybridized carbons (Fsp3) is 0.273. The Labute approximate surface area is 81.8 Å². The highest BCUT2D eigenvalue weighted by molar-refractivity contribution is 5.87. The van der Waals surface area contributed by atoms with E-state index in [4.69, 9.17) is 5.73 Å². The van der Waals surface area contributed by atoms with Gasteiger partial charge >= 0.3 is 0 Å². The van der Waals surface area contributed by atoms with Crippen LogP contribution >= 0.6 is 0 Å². The largest absolute Gasteiger partial charge is 0.506 e. The third-order valence-corrected chi connectivity index (χ3v) is 2.95. The van der Waals surface area contributed by atoms with Gasteiger partial charge in [-0.1, -0.05) is 12.1 Å². The van der Waals surface area contributed by atoms with Gasteiger partial charge in [-0.2, -0.15) is 0 Å². The standard InChI is InChI=1S/C11H12N2O/c12-10-5-4-8-6-7-2-1-3-9(14)11(7)13(8)10/h1-3,6,10,14H,4-5,12H2. The third-order valence-electron chi connectivity index (χ3n) is 2.95. The second-order valence-electron chi connectivity index (χ2n) is 3.83. The maximum atomic E-state index is 9.77. The summed E-state index contributed by atoms with van der Waals surface area (Å²) in [5, 5.41) is 10.8. The van der Waals surface area contributed by atoms with Crippen LogP contribution in [0.5, 0.6) is 5.75 Å². The quantitative estimate of drug-likeness (QED) is 0.661. The van der Waals surface area contributed by atoms with Crippen molar-refractivity contribution in [2.45, 2.75) is 19.0 Å². The van der Waals surface area contributed by atoms with Crippen LogP contribution in [-0.2, 0) is 6.42 Å². The number of benzene rings is 1. The molecule has 1 aromatic heterocycles. The van der Waals surface area contributed by atoms with Gasteiger partial charge in [-0.05, 0) is 25.0 Å². The normalized spacial score (nSPS) is 20.2. The van der Waals surface area contributed by atoms with Gasteiger partial charge in [0, 0.05) is 11.1 Å². The van der Waals surface area contributed by atoms with E-state index < -0.39 is 0 Å². The molecular formula is C11H12N2O. The van der Waals surface area contributed by atoms with Gasteiger partial charge in [0.25, 0.3) is 0 Å². The van der Waals surface area contributed by atoms with Crippen molar-refractivity contribution in [2.24, 2.45) is 5.73 Å². The number of aryl methyl sites for hydroxylation is 1. The molecule has 0 aliphatic carbocycles. The van der Waals surface area contributed by atoms with E-state index in [2.05, 4.69) is 6.07 Å². The Balaban J connectivity index is 2.44. The Morgan fingerprint density at radius 1 is 1.43 bits per heavy atom. The van der Waals surface area contributed by atoms with Gasteiger partial charge in [0.2, 0.25) is 0 Å². The lowest BCUT2D eigenvalue weighted by molar-refractivity contribution is 0.473. The van der Waals surface area contributed by atoms with Gasteiger partial charge in [-0.3, -0.25) is 0 Å². The summed E-state index contributed by atoms with van der Waals surface area (Å²) in [5.74, 6) is 0.325. The van der Waals surface area contributed by atoms with E-state index in [1.165, 1.54) is 5.69 Å². The molecule has 1 aromatic carbocycles. The minimum absolute atomic E-state index is 0.0239. The molecule has 1 aliphatic rings. The van der Waals surface area contributed by atoms with Gasteiger partial charge in [0.05, 0.1) is 11.7 Å². The molecule has 3 N–H and O–H groups in total. The van der Waals surface area contributed by atoms with E-state index in [0.717, 1.165) is 23.7 Å². The molecule has 0 saturated carbocycles. The molecule has 72 valence electrons. The summed E-state index contributed by atoms with van der Waals surface area (Å²) in [5.41, 5.74) is 8.09. The highest BCUT2D eigenvalue weighted by Crippen LogP contribution is 2.34. The van der Waals surface area contributed by atoms with E-state index in [1.807, 2.05) is 16.7 Å². The molecule has 0 bridgehead atoms. The zero-order valence-electron chi connectivity index (χ0n) is 7.77. The van der Waals surface area contributed by atoms with Gasteiger partial charge in [-0.25, -0.2) is 0 Å². The number of aromatic nitrogens is 1. The van der Waals surface area contributed by atoms with Crippen LogP contribution in [0.1, 0.15) is 18.3 Å². The monoisotopic (exact) mass is 188 g/mol. The molecule has 1 atom stereocenters. The number of nitrogens with zero attached hydrogens (tertiary/aromatic N) is 1. The Hall–Kier alpha value is -1.48. The number of hydrogen-bond acceptors (Lipinski definition) is 2. The molecule has 0 radical (unpaired) electrons. The van der Waals surface area contributed by atoms with Crippen LogP contribution in [0, 0.1) is 0 Å². The first-order valence-electron chi connectivity index (χ1n) is 4.85. The summed E-state index contributed by atoms with van der Waals surface area (Å²) in [6.45, 7) is 0. The third kappa shape index (κ3) is 0.849. The maximum Gasteiger partial charge on any atom is 0.139 e. The van der Waals surface area contributed by atoms with Crippen LogP contribution in [0.3, 0.4) is 0 Å². The average molecular weight is 188 g/mol. The van der Waals surface area contributed by atoms with Crippen LogP contribution in [0.25, 0.3) is 10.9 Å². The van der Waals surface area contributed by atoms with E-state index in [9.17, 15) is 5.11 Å². The van der Waals surface area contributed by atoms with Crippen molar-refractivity contribution in [3.63, 3.8) is 0 Å². The summed E-state index contributed by atoms with van der Waals surface area (Å²) in [7, 11) is 0. The molecule has 2 heterocycles. The molecule has 1 unspecified atom stereocenters. The first-order valence-corrected chi connectivity index (χ1v) is 4.85. The Morgan fingerprint density at radius 2 is 2.29 bits per heavy atom. The second-order valence-corrected chi connectivity index (χ2v) is 3.83.